The van der Waals surface area contributed by atoms with Crippen LogP contribution in [0.5, 0.6) is 5.75 Å². The number of methoxy groups -OCH3 is 2. The molecule has 1 aliphatic heterocycles. The molecule has 1 heterocycles. The predicted molar refractivity (Wildman–Crippen MR) is 132 cm³/mol. The molecule has 34 heavy (non-hydrogen) atoms. The zero-order chi connectivity index (χ0) is 24.8. The van der Waals surface area contributed by atoms with Crippen LogP contribution in [0.25, 0.3) is 0 Å². The first-order valence-corrected chi connectivity index (χ1v) is 11.9. The number of carbonyl (C=O) groups excluding carboxylic acids is 3. The third-order valence-corrected chi connectivity index (χ3v) is 6.84. The number of hydrogen-bond donors (Lipinski definition) is 2. The second kappa shape index (κ2) is 11.2. The normalized spacial score (nSPS) is 17.4. The lowest BCUT2D eigenvalue weighted by Gasteiger charge is -2.31. The van der Waals surface area contributed by atoms with Gasteiger partial charge in [0.15, 0.2) is 0 Å². The van der Waals surface area contributed by atoms with Crippen LogP contribution in [0.15, 0.2) is 57.5 Å². The van der Waals surface area contributed by atoms with Crippen molar-refractivity contribution in [2.24, 2.45) is 5.92 Å². The molecule has 176 valence electrons. The third-order valence-electron chi connectivity index (χ3n) is 5.20. The summed E-state index contributed by atoms with van der Waals surface area (Å²) in [5.74, 6) is -3.30. The van der Waals surface area contributed by atoms with Crippen molar-refractivity contribution in [2.75, 3.05) is 25.3 Å². The van der Waals surface area contributed by atoms with E-state index in [2.05, 4.69) is 32.6 Å². The molecule has 2 atom stereocenters. The van der Waals surface area contributed by atoms with Crippen molar-refractivity contribution in [3.63, 3.8) is 0 Å². The van der Waals surface area contributed by atoms with E-state index in [0.29, 0.717) is 21.5 Å². The van der Waals surface area contributed by atoms with Crippen LogP contribution in [-0.4, -0.2) is 37.8 Å². The zero-order valence-corrected chi connectivity index (χ0v) is 21.1. The molecule has 0 saturated carbocycles. The van der Waals surface area contributed by atoms with Gasteiger partial charge in [0, 0.05) is 11.6 Å². The summed E-state index contributed by atoms with van der Waals surface area (Å²) >= 11 is 4.43. The maximum absolute atomic E-state index is 12.9. The number of anilines is 1. The van der Waals surface area contributed by atoms with Crippen molar-refractivity contribution >= 4 is 51.2 Å². The standard InChI is InChI=1S/C24H22BrN3O5S/c1-13-4-7-15(8-5-13)27-19(29)12-34-23-16(11-26)20(21(22(30)28-23)24(31)33-3)14-6-9-18(32-2)17(25)10-14/h4-10,20-21H,12H2,1-3H3,(H,27,29)(H,28,30)/t20-,21+/m0/s1. The number of hydrogen-bond acceptors (Lipinski definition) is 7. The van der Waals surface area contributed by atoms with E-state index in [4.69, 9.17) is 9.47 Å². The summed E-state index contributed by atoms with van der Waals surface area (Å²) in [4.78, 5) is 37.9. The summed E-state index contributed by atoms with van der Waals surface area (Å²) < 4.78 is 10.7. The Morgan fingerprint density at radius 3 is 2.50 bits per heavy atom. The number of aryl methyl sites for hydroxylation is 1. The molecule has 0 fully saturated rings. The van der Waals surface area contributed by atoms with E-state index in [1.807, 2.05) is 19.1 Å². The Morgan fingerprint density at radius 1 is 1.21 bits per heavy atom. The summed E-state index contributed by atoms with van der Waals surface area (Å²) in [5.41, 5.74) is 2.43. The van der Waals surface area contributed by atoms with Crippen molar-refractivity contribution in [3.8, 4) is 11.8 Å². The minimum absolute atomic E-state index is 0.0451. The van der Waals surface area contributed by atoms with Crippen molar-refractivity contribution in [1.82, 2.24) is 5.32 Å². The summed E-state index contributed by atoms with van der Waals surface area (Å²) in [6, 6.07) is 14.5. The van der Waals surface area contributed by atoms with E-state index in [-0.39, 0.29) is 22.3 Å². The average Bonchev–Trinajstić information content (AvgIpc) is 2.83. The zero-order valence-electron chi connectivity index (χ0n) is 18.7. The molecule has 10 heteroatoms. The fraction of sp³-hybridized carbons (Fsp3) is 0.250. The smallest absolute Gasteiger partial charge is 0.319 e. The van der Waals surface area contributed by atoms with Crippen LogP contribution < -0.4 is 15.4 Å². The molecule has 0 aromatic heterocycles. The molecule has 8 nitrogen and oxygen atoms in total. The van der Waals surface area contributed by atoms with Crippen molar-refractivity contribution < 1.29 is 23.9 Å². The number of ether oxygens (including phenoxy) is 2. The van der Waals surface area contributed by atoms with Gasteiger partial charge < -0.3 is 20.1 Å². The minimum Gasteiger partial charge on any atom is -0.496 e. The molecule has 0 unspecified atom stereocenters. The minimum atomic E-state index is -1.26. The lowest BCUT2D eigenvalue weighted by atomic mass is 9.78. The first-order valence-electron chi connectivity index (χ1n) is 10.1. The van der Waals surface area contributed by atoms with Crippen LogP contribution in [0.1, 0.15) is 17.0 Å². The maximum Gasteiger partial charge on any atom is 0.319 e. The molecule has 0 aliphatic carbocycles. The summed E-state index contributed by atoms with van der Waals surface area (Å²) in [6.07, 6.45) is 0. The molecular weight excluding hydrogens is 522 g/mol. The van der Waals surface area contributed by atoms with Crippen LogP contribution in [0, 0.1) is 24.2 Å². The van der Waals surface area contributed by atoms with Gasteiger partial charge in [-0.15, -0.1) is 0 Å². The molecule has 2 N–H and O–H groups in total. The van der Waals surface area contributed by atoms with E-state index >= 15 is 0 Å². The molecule has 0 radical (unpaired) electrons. The molecule has 2 aromatic rings. The number of nitriles is 1. The van der Waals surface area contributed by atoms with Gasteiger partial charge in [-0.3, -0.25) is 14.4 Å². The molecule has 0 bridgehead atoms. The Morgan fingerprint density at radius 2 is 1.91 bits per heavy atom. The fourth-order valence-electron chi connectivity index (χ4n) is 3.53. The van der Waals surface area contributed by atoms with Crippen LogP contribution in [0.3, 0.4) is 0 Å². The van der Waals surface area contributed by atoms with Gasteiger partial charge in [-0.2, -0.15) is 5.26 Å². The van der Waals surface area contributed by atoms with Gasteiger partial charge >= 0.3 is 5.97 Å². The molecule has 1 aliphatic rings. The number of amides is 2. The molecular formula is C24H22BrN3O5S. The number of nitrogens with zero attached hydrogens (tertiary/aromatic N) is 1. The summed E-state index contributed by atoms with van der Waals surface area (Å²) in [6.45, 7) is 1.95. The summed E-state index contributed by atoms with van der Waals surface area (Å²) in [5, 5.41) is 15.6. The Balaban J connectivity index is 1.92. The predicted octanol–water partition coefficient (Wildman–Crippen LogP) is 3.88. The second-order valence-corrected chi connectivity index (χ2v) is 9.26. The highest BCUT2D eigenvalue weighted by atomic mass is 79.9. The second-order valence-electron chi connectivity index (χ2n) is 7.42. The van der Waals surface area contributed by atoms with Gasteiger partial charge in [0.05, 0.1) is 41.1 Å². The number of nitrogens with one attached hydrogen (secondary N) is 2. The largest absolute Gasteiger partial charge is 0.496 e. The van der Waals surface area contributed by atoms with E-state index in [1.54, 1.807) is 30.3 Å². The van der Waals surface area contributed by atoms with E-state index in [1.165, 1.54) is 14.2 Å². The van der Waals surface area contributed by atoms with Crippen LogP contribution in [-0.2, 0) is 19.1 Å². The van der Waals surface area contributed by atoms with Gasteiger partial charge in [-0.05, 0) is 52.7 Å². The number of carbonyl (C=O) groups is 3. The third kappa shape index (κ3) is 5.61. The maximum atomic E-state index is 12.9. The molecule has 0 saturated heterocycles. The first kappa shape index (κ1) is 25.3. The van der Waals surface area contributed by atoms with Crippen LogP contribution in [0.2, 0.25) is 0 Å². The summed E-state index contributed by atoms with van der Waals surface area (Å²) in [7, 11) is 2.70. The highest BCUT2D eigenvalue weighted by molar-refractivity contribution is 9.10. The number of allylic oxidation sites excluding steroid dienone is 1. The molecule has 0 spiro atoms. The van der Waals surface area contributed by atoms with Gasteiger partial charge in [-0.25, -0.2) is 0 Å². The Bertz CT molecular complexity index is 1190. The number of thioether (sulfide) groups is 1. The van der Waals surface area contributed by atoms with E-state index in [9.17, 15) is 19.6 Å². The van der Waals surface area contributed by atoms with E-state index in [0.717, 1.165) is 17.3 Å². The van der Waals surface area contributed by atoms with E-state index < -0.39 is 23.7 Å². The number of halogens is 1. The van der Waals surface area contributed by atoms with Gasteiger partial charge in [0.2, 0.25) is 11.8 Å². The Hall–Kier alpha value is -3.29. The van der Waals surface area contributed by atoms with Crippen molar-refractivity contribution in [2.45, 2.75) is 12.8 Å². The van der Waals surface area contributed by atoms with Gasteiger partial charge in [-0.1, -0.05) is 35.5 Å². The number of esters is 1. The quantitative estimate of drug-likeness (QED) is 0.402. The highest BCUT2D eigenvalue weighted by Crippen LogP contribution is 2.42. The fourth-order valence-corrected chi connectivity index (χ4v) is 4.93. The van der Waals surface area contributed by atoms with Crippen LogP contribution >= 0.6 is 27.7 Å². The SMILES string of the molecule is COC(=O)[C@H]1C(=O)NC(SCC(=O)Nc2ccc(C)cc2)=C(C#N)[C@@H]1c1ccc(OC)c(Br)c1. The first-order chi connectivity index (χ1) is 16.3. The van der Waals surface area contributed by atoms with Crippen LogP contribution in [0.4, 0.5) is 5.69 Å². The number of rotatable bonds is 7. The Kier molecular flexibility index (Phi) is 8.36. The van der Waals surface area contributed by atoms with Crippen molar-refractivity contribution in [1.29, 1.82) is 5.26 Å². The average molecular weight is 544 g/mol. The molecule has 2 aromatic carbocycles. The van der Waals surface area contributed by atoms with Crippen molar-refractivity contribution in [3.05, 3.63) is 68.7 Å². The monoisotopic (exact) mass is 543 g/mol. The van der Waals surface area contributed by atoms with Gasteiger partial charge in [0.25, 0.3) is 0 Å². The topological polar surface area (TPSA) is 118 Å². The highest BCUT2D eigenvalue weighted by Gasteiger charge is 2.44. The van der Waals surface area contributed by atoms with Gasteiger partial charge in [0.1, 0.15) is 11.7 Å². The number of benzene rings is 2. The Labute approximate surface area is 209 Å². The lowest BCUT2D eigenvalue weighted by Crippen LogP contribution is -2.44. The molecule has 3 rings (SSSR count). The molecule has 2 amide bonds. The lowest BCUT2D eigenvalue weighted by molar-refractivity contribution is -0.150.